The molecule has 0 spiro atoms. The van der Waals surface area contributed by atoms with Crippen LogP contribution in [0.3, 0.4) is 0 Å². The summed E-state index contributed by atoms with van der Waals surface area (Å²) in [6.45, 7) is 5.87. The van der Waals surface area contributed by atoms with Gasteiger partial charge in [-0.15, -0.1) is 0 Å². The first-order valence-electron chi connectivity index (χ1n) is 8.89. The van der Waals surface area contributed by atoms with Gasteiger partial charge in [-0.2, -0.15) is 5.10 Å². The predicted molar refractivity (Wildman–Crippen MR) is 92.6 cm³/mol. The van der Waals surface area contributed by atoms with Gasteiger partial charge < -0.3 is 9.64 Å². The fourth-order valence-corrected chi connectivity index (χ4v) is 3.44. The van der Waals surface area contributed by atoms with Gasteiger partial charge in [0.2, 0.25) is 0 Å². The van der Waals surface area contributed by atoms with Crippen molar-refractivity contribution in [3.8, 4) is 5.75 Å². The van der Waals surface area contributed by atoms with Gasteiger partial charge in [0.1, 0.15) is 18.4 Å². The molecule has 0 N–H and O–H groups in total. The van der Waals surface area contributed by atoms with Gasteiger partial charge in [-0.1, -0.05) is 0 Å². The second kappa shape index (κ2) is 7.23. The molecule has 25 heavy (non-hydrogen) atoms. The van der Waals surface area contributed by atoms with Crippen molar-refractivity contribution < 1.29 is 9.53 Å². The zero-order valence-corrected chi connectivity index (χ0v) is 14.3. The Labute approximate surface area is 147 Å². The van der Waals surface area contributed by atoms with Crippen molar-refractivity contribution in [2.75, 3.05) is 39.3 Å². The summed E-state index contributed by atoms with van der Waals surface area (Å²) in [5, 5.41) is 4.12. The first-order chi connectivity index (χ1) is 12.3. The number of hydrogen-bond acceptors (Lipinski definition) is 5. The van der Waals surface area contributed by atoms with E-state index in [1.54, 1.807) is 12.7 Å². The molecule has 2 aliphatic heterocycles. The number of benzene rings is 1. The molecule has 0 radical (unpaired) electrons. The molecule has 7 nitrogen and oxygen atoms in total. The molecular formula is C18H23N5O2. The lowest BCUT2D eigenvalue weighted by atomic mass is 10.0. The Morgan fingerprint density at radius 1 is 1.16 bits per heavy atom. The highest BCUT2D eigenvalue weighted by molar-refractivity contribution is 5.94. The zero-order valence-electron chi connectivity index (χ0n) is 14.3. The van der Waals surface area contributed by atoms with Gasteiger partial charge in [0.25, 0.3) is 5.91 Å². The molecule has 0 atom stereocenters. The number of rotatable bonds is 4. The summed E-state index contributed by atoms with van der Waals surface area (Å²) in [4.78, 5) is 21.1. The van der Waals surface area contributed by atoms with E-state index in [1.807, 2.05) is 27.8 Å². The molecule has 1 amide bonds. The smallest absolute Gasteiger partial charge is 0.253 e. The molecule has 4 rings (SSSR count). The van der Waals surface area contributed by atoms with Crippen molar-refractivity contribution in [2.24, 2.45) is 0 Å². The minimum absolute atomic E-state index is 0.129. The van der Waals surface area contributed by atoms with E-state index in [4.69, 9.17) is 4.74 Å². The van der Waals surface area contributed by atoms with Crippen molar-refractivity contribution >= 4 is 5.91 Å². The van der Waals surface area contributed by atoms with Crippen molar-refractivity contribution in [1.82, 2.24) is 24.6 Å². The van der Waals surface area contributed by atoms with Crippen LogP contribution in [-0.2, 0) is 13.0 Å². The van der Waals surface area contributed by atoms with Crippen LogP contribution in [0.25, 0.3) is 0 Å². The van der Waals surface area contributed by atoms with E-state index >= 15 is 0 Å². The van der Waals surface area contributed by atoms with Crippen LogP contribution in [0.1, 0.15) is 22.3 Å². The number of fused-ring (bicyclic) bond motifs is 1. The Hall–Kier alpha value is -2.41. The Kier molecular flexibility index (Phi) is 4.65. The van der Waals surface area contributed by atoms with Crippen molar-refractivity contribution in [1.29, 1.82) is 0 Å². The molecule has 3 heterocycles. The number of piperazine rings is 1. The van der Waals surface area contributed by atoms with Gasteiger partial charge in [0.05, 0.1) is 13.2 Å². The maximum atomic E-state index is 12.8. The number of ether oxygens (including phenoxy) is 1. The maximum absolute atomic E-state index is 12.8. The van der Waals surface area contributed by atoms with E-state index in [0.717, 1.165) is 75.6 Å². The summed E-state index contributed by atoms with van der Waals surface area (Å²) in [5.74, 6) is 1.06. The summed E-state index contributed by atoms with van der Waals surface area (Å²) in [5.41, 5.74) is 1.93. The van der Waals surface area contributed by atoms with E-state index in [9.17, 15) is 4.79 Å². The number of hydrogen-bond donors (Lipinski definition) is 0. The molecule has 132 valence electrons. The zero-order chi connectivity index (χ0) is 17.1. The minimum Gasteiger partial charge on any atom is -0.493 e. The third-order valence-corrected chi connectivity index (χ3v) is 4.93. The number of nitrogens with zero attached hydrogens (tertiary/aromatic N) is 5. The first kappa shape index (κ1) is 16.1. The Bertz CT molecular complexity index is 723. The number of amides is 1. The van der Waals surface area contributed by atoms with Gasteiger partial charge in [0, 0.05) is 38.3 Å². The third kappa shape index (κ3) is 3.66. The molecule has 0 bridgehead atoms. The van der Waals surface area contributed by atoms with E-state index in [1.165, 1.54) is 0 Å². The van der Waals surface area contributed by atoms with Crippen LogP contribution in [0.5, 0.6) is 5.75 Å². The minimum atomic E-state index is 0.129. The average Bonchev–Trinajstić information content (AvgIpc) is 3.19. The second-order valence-electron chi connectivity index (χ2n) is 6.57. The lowest BCUT2D eigenvalue weighted by molar-refractivity contribution is 0.0631. The predicted octanol–water partition coefficient (Wildman–Crippen LogP) is 1.06. The SMILES string of the molecule is O=C(c1ccc2c(c1)CCCO2)N1CCN(CCn2cncn2)CC1. The van der Waals surface area contributed by atoms with Gasteiger partial charge in [0.15, 0.2) is 0 Å². The highest BCUT2D eigenvalue weighted by Crippen LogP contribution is 2.26. The van der Waals surface area contributed by atoms with Crippen LogP contribution in [0.15, 0.2) is 30.9 Å². The summed E-state index contributed by atoms with van der Waals surface area (Å²) >= 11 is 0. The van der Waals surface area contributed by atoms with Crippen LogP contribution >= 0.6 is 0 Å². The normalized spacial score (nSPS) is 17.8. The lowest BCUT2D eigenvalue weighted by Crippen LogP contribution is -2.49. The summed E-state index contributed by atoms with van der Waals surface area (Å²) in [7, 11) is 0. The van der Waals surface area contributed by atoms with Gasteiger partial charge in [-0.05, 0) is 36.6 Å². The van der Waals surface area contributed by atoms with E-state index in [2.05, 4.69) is 15.0 Å². The highest BCUT2D eigenvalue weighted by atomic mass is 16.5. The Morgan fingerprint density at radius 3 is 2.84 bits per heavy atom. The molecule has 1 aromatic heterocycles. The van der Waals surface area contributed by atoms with Gasteiger partial charge >= 0.3 is 0 Å². The molecule has 1 saturated heterocycles. The Morgan fingerprint density at radius 2 is 2.04 bits per heavy atom. The maximum Gasteiger partial charge on any atom is 0.253 e. The lowest BCUT2D eigenvalue weighted by Gasteiger charge is -2.34. The number of aryl methyl sites for hydroxylation is 1. The van der Waals surface area contributed by atoms with Gasteiger partial charge in [-0.25, -0.2) is 4.98 Å². The molecule has 0 unspecified atom stereocenters. The quantitative estimate of drug-likeness (QED) is 0.832. The fraction of sp³-hybridized carbons (Fsp3) is 0.500. The van der Waals surface area contributed by atoms with Crippen molar-refractivity contribution in [3.05, 3.63) is 42.0 Å². The largest absolute Gasteiger partial charge is 0.493 e. The molecule has 0 saturated carbocycles. The Balaban J connectivity index is 1.32. The van der Waals surface area contributed by atoms with E-state index in [-0.39, 0.29) is 5.91 Å². The van der Waals surface area contributed by atoms with Gasteiger partial charge in [-0.3, -0.25) is 14.4 Å². The fourth-order valence-electron chi connectivity index (χ4n) is 3.44. The second-order valence-corrected chi connectivity index (χ2v) is 6.57. The monoisotopic (exact) mass is 341 g/mol. The number of carbonyl (C=O) groups is 1. The highest BCUT2D eigenvalue weighted by Gasteiger charge is 2.23. The molecule has 1 fully saturated rings. The molecule has 2 aliphatic rings. The topological polar surface area (TPSA) is 63.5 Å². The molecule has 0 aliphatic carbocycles. The van der Waals surface area contributed by atoms with E-state index in [0.29, 0.717) is 0 Å². The molecule has 1 aromatic carbocycles. The third-order valence-electron chi connectivity index (χ3n) is 4.93. The van der Waals surface area contributed by atoms with Crippen LogP contribution in [0.2, 0.25) is 0 Å². The molecular weight excluding hydrogens is 318 g/mol. The summed E-state index contributed by atoms with van der Waals surface area (Å²) in [6, 6.07) is 5.84. The van der Waals surface area contributed by atoms with Crippen LogP contribution in [0, 0.1) is 0 Å². The average molecular weight is 341 g/mol. The summed E-state index contributed by atoms with van der Waals surface area (Å²) < 4.78 is 7.47. The van der Waals surface area contributed by atoms with Crippen LogP contribution < -0.4 is 4.74 Å². The first-order valence-corrected chi connectivity index (χ1v) is 8.89. The van der Waals surface area contributed by atoms with Crippen LogP contribution in [0.4, 0.5) is 0 Å². The standard InChI is InChI=1S/C18H23N5O2/c24-18(16-3-4-17-15(12-16)2-1-11-25-17)22-8-5-21(6-9-22)7-10-23-14-19-13-20-23/h3-4,12-14H,1-2,5-11H2. The van der Waals surface area contributed by atoms with E-state index < -0.39 is 0 Å². The number of aromatic nitrogens is 3. The van der Waals surface area contributed by atoms with Crippen molar-refractivity contribution in [2.45, 2.75) is 19.4 Å². The number of carbonyl (C=O) groups excluding carboxylic acids is 1. The molecule has 7 heteroatoms. The summed E-state index contributed by atoms with van der Waals surface area (Å²) in [6.07, 6.45) is 5.31. The van der Waals surface area contributed by atoms with Crippen LogP contribution in [-0.4, -0.2) is 69.8 Å². The molecule has 2 aromatic rings. The van der Waals surface area contributed by atoms with Crippen molar-refractivity contribution in [3.63, 3.8) is 0 Å².